The zero-order valence-corrected chi connectivity index (χ0v) is 14.5. The van der Waals surface area contributed by atoms with Gasteiger partial charge in [-0.2, -0.15) is 0 Å². The molecule has 0 saturated heterocycles. The van der Waals surface area contributed by atoms with Crippen molar-refractivity contribution in [2.24, 2.45) is 0 Å². The Morgan fingerprint density at radius 3 is 2.75 bits per heavy atom. The number of aryl methyl sites for hydroxylation is 1. The van der Waals surface area contributed by atoms with E-state index in [1.165, 1.54) is 11.3 Å². The van der Waals surface area contributed by atoms with Gasteiger partial charge in [-0.05, 0) is 31.2 Å². The largest absolute Gasteiger partial charge is 0.484 e. The van der Waals surface area contributed by atoms with Gasteiger partial charge >= 0.3 is 0 Å². The first-order valence-corrected chi connectivity index (χ1v) is 8.52. The van der Waals surface area contributed by atoms with Crippen molar-refractivity contribution in [1.82, 2.24) is 4.98 Å². The quantitative estimate of drug-likeness (QED) is 0.713. The molecule has 0 radical (unpaired) electrons. The van der Waals surface area contributed by atoms with Crippen LogP contribution in [0.5, 0.6) is 5.75 Å². The zero-order valence-electron chi connectivity index (χ0n) is 13.0. The first-order chi connectivity index (χ1) is 11.6. The molecule has 24 heavy (non-hydrogen) atoms. The highest BCUT2D eigenvalue weighted by Crippen LogP contribution is 2.31. The summed E-state index contributed by atoms with van der Waals surface area (Å²) < 4.78 is 5.42. The number of hydrogen-bond donors (Lipinski definition) is 1. The second-order valence-electron chi connectivity index (χ2n) is 5.08. The second-order valence-corrected chi connectivity index (χ2v) is 6.72. The second kappa shape index (κ2) is 7.47. The minimum atomic E-state index is -0.245. The number of aromatic nitrogens is 1. The lowest BCUT2D eigenvalue weighted by molar-refractivity contribution is -0.118. The van der Waals surface area contributed by atoms with Gasteiger partial charge < -0.3 is 4.74 Å². The van der Waals surface area contributed by atoms with Crippen LogP contribution in [0.4, 0.5) is 5.13 Å². The monoisotopic (exact) mass is 358 g/mol. The molecule has 0 spiro atoms. The van der Waals surface area contributed by atoms with Gasteiger partial charge in [-0.3, -0.25) is 10.1 Å². The number of anilines is 1. The molecule has 0 fully saturated rings. The van der Waals surface area contributed by atoms with E-state index in [0.29, 0.717) is 15.9 Å². The summed E-state index contributed by atoms with van der Waals surface area (Å²) in [6, 6.07) is 16.7. The average Bonchev–Trinajstić information content (AvgIpc) is 2.94. The van der Waals surface area contributed by atoms with Gasteiger partial charge in [-0.1, -0.05) is 41.9 Å². The minimum absolute atomic E-state index is 0.0604. The summed E-state index contributed by atoms with van der Waals surface area (Å²) in [5.41, 5.74) is 1.75. The summed E-state index contributed by atoms with van der Waals surface area (Å²) in [6.07, 6.45) is 0. The summed E-state index contributed by atoms with van der Waals surface area (Å²) >= 11 is 7.45. The molecule has 1 aromatic heterocycles. The lowest BCUT2D eigenvalue weighted by Gasteiger charge is -2.05. The van der Waals surface area contributed by atoms with Gasteiger partial charge in [0.2, 0.25) is 0 Å². The molecule has 0 atom stereocenters. The molecule has 0 bridgehead atoms. The summed E-state index contributed by atoms with van der Waals surface area (Å²) in [6.45, 7) is 1.90. The van der Waals surface area contributed by atoms with E-state index >= 15 is 0 Å². The van der Waals surface area contributed by atoms with E-state index in [-0.39, 0.29) is 12.5 Å². The highest BCUT2D eigenvalue weighted by atomic mass is 35.5. The molecule has 122 valence electrons. The SMILES string of the molecule is Cc1sc(NC(=O)COc2ccccc2)nc1-c1cccc(Cl)c1. The van der Waals surface area contributed by atoms with E-state index in [9.17, 15) is 4.79 Å². The van der Waals surface area contributed by atoms with Crippen molar-refractivity contribution >= 4 is 34.0 Å². The lowest BCUT2D eigenvalue weighted by atomic mass is 10.1. The lowest BCUT2D eigenvalue weighted by Crippen LogP contribution is -2.19. The maximum atomic E-state index is 12.0. The van der Waals surface area contributed by atoms with Crippen molar-refractivity contribution in [2.45, 2.75) is 6.92 Å². The number of thiazole rings is 1. The van der Waals surface area contributed by atoms with Crippen LogP contribution in [0.25, 0.3) is 11.3 Å². The van der Waals surface area contributed by atoms with Crippen molar-refractivity contribution in [1.29, 1.82) is 0 Å². The van der Waals surface area contributed by atoms with E-state index in [0.717, 1.165) is 16.1 Å². The van der Waals surface area contributed by atoms with Crippen molar-refractivity contribution < 1.29 is 9.53 Å². The molecule has 2 aromatic carbocycles. The van der Waals surface area contributed by atoms with Crippen LogP contribution in [0, 0.1) is 6.92 Å². The third-order valence-corrected chi connectivity index (χ3v) is 4.38. The van der Waals surface area contributed by atoms with Gasteiger partial charge in [0, 0.05) is 15.5 Å². The molecule has 0 aliphatic heterocycles. The molecule has 1 N–H and O–H groups in total. The Morgan fingerprint density at radius 1 is 1.21 bits per heavy atom. The Hall–Kier alpha value is -2.37. The van der Waals surface area contributed by atoms with Crippen molar-refractivity contribution in [3.05, 3.63) is 64.5 Å². The maximum absolute atomic E-state index is 12.0. The zero-order chi connectivity index (χ0) is 16.9. The Labute approximate surface area is 149 Å². The van der Waals surface area contributed by atoms with Crippen LogP contribution in [0.1, 0.15) is 4.88 Å². The molecule has 6 heteroatoms. The van der Waals surface area contributed by atoms with Gasteiger partial charge in [-0.15, -0.1) is 11.3 Å². The normalized spacial score (nSPS) is 10.4. The minimum Gasteiger partial charge on any atom is -0.484 e. The Kier molecular flexibility index (Phi) is 5.13. The van der Waals surface area contributed by atoms with Gasteiger partial charge in [-0.25, -0.2) is 4.98 Å². The number of carbonyl (C=O) groups excluding carboxylic acids is 1. The first kappa shape index (κ1) is 16.5. The highest BCUT2D eigenvalue weighted by molar-refractivity contribution is 7.16. The number of carbonyl (C=O) groups is 1. The molecule has 0 unspecified atom stereocenters. The van der Waals surface area contributed by atoms with E-state index in [1.807, 2.05) is 49.4 Å². The van der Waals surface area contributed by atoms with Crippen LogP contribution >= 0.6 is 22.9 Å². The molecule has 0 saturated carbocycles. The predicted molar refractivity (Wildman–Crippen MR) is 97.9 cm³/mol. The maximum Gasteiger partial charge on any atom is 0.264 e. The van der Waals surface area contributed by atoms with Gasteiger partial charge in [0.25, 0.3) is 5.91 Å². The molecular weight excluding hydrogens is 344 g/mol. The van der Waals surface area contributed by atoms with Crippen LogP contribution in [-0.4, -0.2) is 17.5 Å². The van der Waals surface area contributed by atoms with Crippen molar-refractivity contribution in [3.63, 3.8) is 0 Å². The van der Waals surface area contributed by atoms with Gasteiger partial charge in [0.15, 0.2) is 11.7 Å². The Morgan fingerprint density at radius 2 is 2.00 bits per heavy atom. The number of ether oxygens (including phenoxy) is 1. The number of amides is 1. The van der Waals surface area contributed by atoms with Crippen molar-refractivity contribution in [3.8, 4) is 17.0 Å². The Balaban J connectivity index is 1.65. The van der Waals surface area contributed by atoms with Crippen LogP contribution in [0.2, 0.25) is 5.02 Å². The highest BCUT2D eigenvalue weighted by Gasteiger charge is 2.12. The molecule has 4 nitrogen and oxygen atoms in total. The van der Waals surface area contributed by atoms with Crippen LogP contribution < -0.4 is 10.1 Å². The topological polar surface area (TPSA) is 51.2 Å². The molecule has 3 rings (SSSR count). The number of nitrogens with zero attached hydrogens (tertiary/aromatic N) is 1. The fourth-order valence-corrected chi connectivity index (χ4v) is 3.22. The van der Waals surface area contributed by atoms with Crippen LogP contribution in [0.3, 0.4) is 0 Å². The summed E-state index contributed by atoms with van der Waals surface area (Å²) in [7, 11) is 0. The molecule has 3 aromatic rings. The number of halogens is 1. The summed E-state index contributed by atoms with van der Waals surface area (Å²) in [5.74, 6) is 0.410. The fraction of sp³-hybridized carbons (Fsp3) is 0.111. The van der Waals surface area contributed by atoms with Crippen LogP contribution in [-0.2, 0) is 4.79 Å². The number of nitrogens with one attached hydrogen (secondary N) is 1. The fourth-order valence-electron chi connectivity index (χ4n) is 2.17. The van der Waals surface area contributed by atoms with Gasteiger partial charge in [0.05, 0.1) is 5.69 Å². The predicted octanol–water partition coefficient (Wildman–Crippen LogP) is 4.79. The van der Waals surface area contributed by atoms with E-state index in [1.54, 1.807) is 12.1 Å². The average molecular weight is 359 g/mol. The molecule has 1 heterocycles. The molecule has 0 aliphatic rings. The third-order valence-electron chi connectivity index (χ3n) is 3.25. The molecule has 1 amide bonds. The Bertz CT molecular complexity index is 849. The van der Waals surface area contributed by atoms with Crippen LogP contribution in [0.15, 0.2) is 54.6 Å². The van der Waals surface area contributed by atoms with E-state index in [2.05, 4.69) is 10.3 Å². The number of hydrogen-bond acceptors (Lipinski definition) is 4. The summed E-state index contributed by atoms with van der Waals surface area (Å²) in [4.78, 5) is 17.5. The van der Waals surface area contributed by atoms with Gasteiger partial charge in [0.1, 0.15) is 5.75 Å². The first-order valence-electron chi connectivity index (χ1n) is 7.33. The number of para-hydroxylation sites is 1. The number of benzene rings is 2. The molecular formula is C18H15ClN2O2S. The van der Waals surface area contributed by atoms with E-state index < -0.39 is 0 Å². The third kappa shape index (κ3) is 4.13. The summed E-state index contributed by atoms with van der Waals surface area (Å²) in [5, 5.41) is 3.97. The standard InChI is InChI=1S/C18H15ClN2O2S/c1-12-17(13-6-5-7-14(19)10-13)21-18(24-12)20-16(22)11-23-15-8-3-2-4-9-15/h2-10H,11H2,1H3,(H,20,21,22). The van der Waals surface area contributed by atoms with E-state index in [4.69, 9.17) is 16.3 Å². The number of rotatable bonds is 5. The smallest absolute Gasteiger partial charge is 0.264 e. The molecule has 0 aliphatic carbocycles. The van der Waals surface area contributed by atoms with Crippen molar-refractivity contribution in [2.75, 3.05) is 11.9 Å².